The summed E-state index contributed by atoms with van der Waals surface area (Å²) in [6, 6.07) is 12.0. The zero-order chi connectivity index (χ0) is 13.7. The van der Waals surface area contributed by atoms with E-state index < -0.39 is 0 Å². The third kappa shape index (κ3) is 3.85. The first-order chi connectivity index (χ1) is 9.20. The minimum absolute atomic E-state index is 0.0198. The molecule has 0 bridgehead atoms. The summed E-state index contributed by atoms with van der Waals surface area (Å²) < 4.78 is 0. The minimum Gasteiger partial charge on any atom is -0.325 e. The molecule has 2 aromatic rings. The van der Waals surface area contributed by atoms with Gasteiger partial charge in [-0.15, -0.1) is 23.1 Å². The van der Waals surface area contributed by atoms with Gasteiger partial charge in [-0.25, -0.2) is 0 Å². The predicted octanol–water partition coefficient (Wildman–Crippen LogP) is 4.29. The van der Waals surface area contributed by atoms with Crippen molar-refractivity contribution in [3.63, 3.8) is 0 Å². The van der Waals surface area contributed by atoms with Gasteiger partial charge in [0, 0.05) is 15.7 Å². The Balaban J connectivity index is 2.00. The normalized spacial score (nSPS) is 12.1. The highest BCUT2D eigenvalue weighted by atomic mass is 32.2. The maximum absolute atomic E-state index is 12.2. The lowest BCUT2D eigenvalue weighted by atomic mass is 10.1. The van der Waals surface area contributed by atoms with Gasteiger partial charge in [-0.3, -0.25) is 4.79 Å². The summed E-state index contributed by atoms with van der Waals surface area (Å²) in [5, 5.41) is 5.06. The number of thiophene rings is 1. The molecule has 0 spiro atoms. The van der Waals surface area contributed by atoms with Crippen LogP contribution < -0.4 is 5.32 Å². The summed E-state index contributed by atoms with van der Waals surface area (Å²) in [7, 11) is 0. The van der Waals surface area contributed by atoms with E-state index in [4.69, 9.17) is 0 Å². The van der Waals surface area contributed by atoms with Crippen LogP contribution in [0.2, 0.25) is 0 Å². The zero-order valence-corrected chi connectivity index (χ0v) is 12.7. The van der Waals surface area contributed by atoms with E-state index in [9.17, 15) is 4.79 Å². The lowest BCUT2D eigenvalue weighted by Gasteiger charge is -2.13. The van der Waals surface area contributed by atoms with E-state index >= 15 is 0 Å². The van der Waals surface area contributed by atoms with Gasteiger partial charge >= 0.3 is 0 Å². The molecule has 4 heteroatoms. The Hall–Kier alpha value is -1.26. The van der Waals surface area contributed by atoms with Crippen molar-refractivity contribution in [1.82, 2.24) is 0 Å². The van der Waals surface area contributed by atoms with Crippen LogP contribution in [0.25, 0.3) is 0 Å². The third-order valence-corrected chi connectivity index (χ3v) is 4.59. The summed E-state index contributed by atoms with van der Waals surface area (Å²) in [5.41, 5.74) is 0.901. The SMILES string of the molecule is CSc1ccccc1NC(=O)[C@@H](C)Cc1cccs1. The van der Waals surface area contributed by atoms with Crippen molar-refractivity contribution in [3.8, 4) is 0 Å². The summed E-state index contributed by atoms with van der Waals surface area (Å²) in [5.74, 6) is 0.0588. The number of para-hydroxylation sites is 1. The molecule has 0 radical (unpaired) electrons. The molecule has 0 aliphatic carbocycles. The monoisotopic (exact) mass is 291 g/mol. The summed E-state index contributed by atoms with van der Waals surface area (Å²) >= 11 is 3.34. The number of nitrogens with one attached hydrogen (secondary N) is 1. The number of hydrogen-bond donors (Lipinski definition) is 1. The van der Waals surface area contributed by atoms with Crippen LogP contribution in [-0.4, -0.2) is 12.2 Å². The Morgan fingerprint density at radius 2 is 2.11 bits per heavy atom. The minimum atomic E-state index is -0.0198. The smallest absolute Gasteiger partial charge is 0.227 e. The number of amides is 1. The van der Waals surface area contributed by atoms with Crippen molar-refractivity contribution in [2.75, 3.05) is 11.6 Å². The van der Waals surface area contributed by atoms with Gasteiger partial charge in [-0.05, 0) is 36.3 Å². The summed E-state index contributed by atoms with van der Waals surface area (Å²) in [4.78, 5) is 14.5. The lowest BCUT2D eigenvalue weighted by Crippen LogP contribution is -2.22. The first-order valence-electron chi connectivity index (χ1n) is 6.17. The predicted molar refractivity (Wildman–Crippen MR) is 84.0 cm³/mol. The number of benzene rings is 1. The van der Waals surface area contributed by atoms with E-state index in [1.807, 2.05) is 48.9 Å². The van der Waals surface area contributed by atoms with Crippen LogP contribution in [0.15, 0.2) is 46.7 Å². The fraction of sp³-hybridized carbons (Fsp3) is 0.267. The molecular weight excluding hydrogens is 274 g/mol. The average molecular weight is 291 g/mol. The van der Waals surface area contributed by atoms with Crippen LogP contribution >= 0.6 is 23.1 Å². The molecule has 2 rings (SSSR count). The number of carbonyl (C=O) groups excluding carboxylic acids is 1. The van der Waals surface area contributed by atoms with E-state index in [0.717, 1.165) is 17.0 Å². The van der Waals surface area contributed by atoms with Crippen LogP contribution in [0, 0.1) is 5.92 Å². The number of hydrogen-bond acceptors (Lipinski definition) is 3. The second kappa shape index (κ2) is 6.78. The summed E-state index contributed by atoms with van der Waals surface area (Å²) in [6.45, 7) is 1.97. The van der Waals surface area contributed by atoms with E-state index in [-0.39, 0.29) is 11.8 Å². The van der Waals surface area contributed by atoms with Crippen LogP contribution in [-0.2, 0) is 11.2 Å². The number of rotatable bonds is 5. The van der Waals surface area contributed by atoms with Crippen molar-refractivity contribution >= 4 is 34.7 Å². The number of carbonyl (C=O) groups is 1. The second-order valence-corrected chi connectivity index (χ2v) is 6.25. The molecular formula is C15H17NOS2. The van der Waals surface area contributed by atoms with Crippen molar-refractivity contribution in [2.24, 2.45) is 5.92 Å². The van der Waals surface area contributed by atoms with Gasteiger partial charge < -0.3 is 5.32 Å². The van der Waals surface area contributed by atoms with E-state index in [2.05, 4.69) is 11.4 Å². The second-order valence-electron chi connectivity index (χ2n) is 4.37. The van der Waals surface area contributed by atoms with Crippen LogP contribution in [0.5, 0.6) is 0 Å². The Kier molecular flexibility index (Phi) is 5.05. The molecule has 1 amide bonds. The molecule has 0 saturated carbocycles. The molecule has 2 nitrogen and oxygen atoms in total. The molecule has 100 valence electrons. The maximum Gasteiger partial charge on any atom is 0.227 e. The first kappa shape index (κ1) is 14.2. The van der Waals surface area contributed by atoms with E-state index in [0.29, 0.717) is 0 Å². The van der Waals surface area contributed by atoms with Gasteiger partial charge in [0.2, 0.25) is 5.91 Å². The molecule has 1 atom stereocenters. The van der Waals surface area contributed by atoms with Crippen LogP contribution in [0.3, 0.4) is 0 Å². The number of anilines is 1. The molecule has 0 unspecified atom stereocenters. The van der Waals surface area contributed by atoms with Crippen LogP contribution in [0.1, 0.15) is 11.8 Å². The van der Waals surface area contributed by atoms with Gasteiger partial charge in [-0.1, -0.05) is 25.1 Å². The Bertz CT molecular complexity index is 537. The Morgan fingerprint density at radius 3 is 2.79 bits per heavy atom. The Morgan fingerprint density at radius 1 is 1.32 bits per heavy atom. The topological polar surface area (TPSA) is 29.1 Å². The quantitative estimate of drug-likeness (QED) is 0.833. The van der Waals surface area contributed by atoms with Gasteiger partial charge in [0.15, 0.2) is 0 Å². The van der Waals surface area contributed by atoms with Crippen LogP contribution in [0.4, 0.5) is 5.69 Å². The van der Waals surface area contributed by atoms with Crippen molar-refractivity contribution in [3.05, 3.63) is 46.7 Å². The van der Waals surface area contributed by atoms with Crippen molar-refractivity contribution in [1.29, 1.82) is 0 Å². The Labute approximate surface area is 122 Å². The fourth-order valence-electron chi connectivity index (χ4n) is 1.83. The summed E-state index contributed by atoms with van der Waals surface area (Å²) in [6.07, 6.45) is 2.81. The molecule has 1 aromatic heterocycles. The van der Waals surface area contributed by atoms with Gasteiger partial charge in [0.25, 0.3) is 0 Å². The number of thioether (sulfide) groups is 1. The van der Waals surface area contributed by atoms with Gasteiger partial charge in [0.05, 0.1) is 5.69 Å². The fourth-order valence-corrected chi connectivity index (χ4v) is 3.22. The molecule has 19 heavy (non-hydrogen) atoms. The molecule has 1 N–H and O–H groups in total. The van der Waals surface area contributed by atoms with Crippen molar-refractivity contribution < 1.29 is 4.79 Å². The molecule has 0 saturated heterocycles. The highest BCUT2D eigenvalue weighted by Crippen LogP contribution is 2.25. The zero-order valence-electron chi connectivity index (χ0n) is 11.1. The van der Waals surface area contributed by atoms with Gasteiger partial charge in [-0.2, -0.15) is 0 Å². The molecule has 0 fully saturated rings. The standard InChI is InChI=1S/C15H17NOS2/c1-11(10-12-6-5-9-19-12)15(17)16-13-7-3-4-8-14(13)18-2/h3-9,11H,10H2,1-2H3,(H,16,17)/t11-/m0/s1. The van der Waals surface area contributed by atoms with E-state index in [1.165, 1.54) is 4.88 Å². The molecule has 0 aliphatic heterocycles. The largest absolute Gasteiger partial charge is 0.325 e. The lowest BCUT2D eigenvalue weighted by molar-refractivity contribution is -0.119. The molecule has 1 heterocycles. The van der Waals surface area contributed by atoms with E-state index in [1.54, 1.807) is 23.1 Å². The third-order valence-electron chi connectivity index (χ3n) is 2.90. The highest BCUT2D eigenvalue weighted by molar-refractivity contribution is 7.98. The van der Waals surface area contributed by atoms with Crippen molar-refractivity contribution in [2.45, 2.75) is 18.2 Å². The highest BCUT2D eigenvalue weighted by Gasteiger charge is 2.15. The maximum atomic E-state index is 12.2. The molecule has 1 aromatic carbocycles. The first-order valence-corrected chi connectivity index (χ1v) is 8.27. The molecule has 0 aliphatic rings. The average Bonchev–Trinajstić information content (AvgIpc) is 2.92. The van der Waals surface area contributed by atoms with Gasteiger partial charge in [0.1, 0.15) is 0 Å².